The number of alkyl carbamates (subject to hydrolysis) is 1. The van der Waals surface area contributed by atoms with Crippen molar-refractivity contribution in [3.63, 3.8) is 0 Å². The van der Waals surface area contributed by atoms with Gasteiger partial charge in [-0.25, -0.2) is 4.79 Å². The van der Waals surface area contributed by atoms with Crippen molar-refractivity contribution in [2.24, 2.45) is 5.73 Å². The normalized spacial score (nSPS) is 17.6. The maximum absolute atomic E-state index is 13.0. The molecule has 0 bridgehead atoms. The van der Waals surface area contributed by atoms with E-state index in [2.05, 4.69) is 20.9 Å². The van der Waals surface area contributed by atoms with Crippen LogP contribution in [-0.2, 0) is 20.7 Å². The first-order valence-electron chi connectivity index (χ1n) is 11.6. The van der Waals surface area contributed by atoms with Gasteiger partial charge >= 0.3 is 6.09 Å². The molecule has 37 heavy (non-hydrogen) atoms. The van der Waals surface area contributed by atoms with Crippen molar-refractivity contribution in [3.8, 4) is 0 Å². The van der Waals surface area contributed by atoms with Crippen LogP contribution in [0.25, 0.3) is 10.2 Å². The first kappa shape index (κ1) is 26.5. The molecule has 4 amide bonds. The van der Waals surface area contributed by atoms with E-state index in [9.17, 15) is 19.2 Å². The fourth-order valence-corrected chi connectivity index (χ4v) is 5.39. The molecule has 2 aromatic heterocycles. The minimum atomic E-state index is -1.27. The second-order valence-electron chi connectivity index (χ2n) is 9.85. The van der Waals surface area contributed by atoms with Crippen molar-refractivity contribution in [3.05, 3.63) is 57.6 Å². The van der Waals surface area contributed by atoms with E-state index in [-0.39, 0.29) is 12.3 Å². The summed E-state index contributed by atoms with van der Waals surface area (Å²) in [6.45, 7) is 5.03. The second kappa shape index (κ2) is 10.4. The van der Waals surface area contributed by atoms with Gasteiger partial charge < -0.3 is 31.4 Å². The minimum absolute atomic E-state index is 0.321. The van der Waals surface area contributed by atoms with Crippen molar-refractivity contribution in [2.75, 3.05) is 0 Å². The highest BCUT2D eigenvalue weighted by Crippen LogP contribution is 2.33. The number of carbonyl (C=O) groups excluding carboxylic acids is 4. The van der Waals surface area contributed by atoms with E-state index >= 15 is 0 Å². The molecule has 10 nitrogen and oxygen atoms in total. The van der Waals surface area contributed by atoms with Crippen molar-refractivity contribution in [1.82, 2.24) is 20.9 Å². The lowest BCUT2D eigenvalue weighted by Crippen LogP contribution is -2.50. The molecule has 0 aliphatic heterocycles. The predicted octanol–water partition coefficient (Wildman–Crippen LogP) is 3.16. The van der Waals surface area contributed by atoms with Gasteiger partial charge in [-0.2, -0.15) is 0 Å². The van der Waals surface area contributed by atoms with E-state index in [0.717, 1.165) is 21.3 Å². The van der Waals surface area contributed by atoms with E-state index < -0.39 is 41.6 Å². The van der Waals surface area contributed by atoms with Gasteiger partial charge in [0.1, 0.15) is 22.2 Å². The lowest BCUT2D eigenvalue weighted by Gasteiger charge is -2.25. The number of rotatable bonds is 7. The number of thiophene rings is 1. The number of hydrogen-bond acceptors (Lipinski definition) is 6. The zero-order valence-corrected chi connectivity index (χ0v) is 22.1. The molecule has 1 aliphatic rings. The van der Waals surface area contributed by atoms with E-state index in [4.69, 9.17) is 22.1 Å². The standard InChI is InChI=1S/C25H28ClN5O5S/c1-25(2,3)36-24(35)30-16(21(27)33)11-19(32)31-20-14-7-5-4-6-12(14)8-15(20)28-22(34)17-9-13-10-18(26)37-23(13)29-17/h4-7,9-10,15-16,20,29H,8,11H2,1-3H3,(H2,27,33)(H,28,34)(H,30,35)(H,31,32)/t15-,16-,20-/m1/s1. The van der Waals surface area contributed by atoms with Gasteiger partial charge in [-0.15, -0.1) is 11.3 Å². The highest BCUT2D eigenvalue weighted by atomic mass is 35.5. The average molecular weight is 546 g/mol. The molecule has 3 atom stereocenters. The highest BCUT2D eigenvalue weighted by molar-refractivity contribution is 7.22. The van der Waals surface area contributed by atoms with E-state index in [1.165, 1.54) is 11.3 Å². The zero-order chi connectivity index (χ0) is 26.9. The van der Waals surface area contributed by atoms with Crippen molar-refractivity contribution in [1.29, 1.82) is 0 Å². The quantitative estimate of drug-likeness (QED) is 0.308. The number of primary amides is 1. The number of H-pyrrole nitrogens is 1. The number of ether oxygens (including phenoxy) is 1. The molecule has 4 rings (SSSR count). The Morgan fingerprint density at radius 3 is 2.59 bits per heavy atom. The van der Waals surface area contributed by atoms with Crippen molar-refractivity contribution < 1.29 is 23.9 Å². The molecule has 3 aromatic rings. The lowest BCUT2D eigenvalue weighted by atomic mass is 10.1. The monoisotopic (exact) mass is 545 g/mol. The number of nitrogens with two attached hydrogens (primary N) is 1. The van der Waals surface area contributed by atoms with Crippen LogP contribution in [0.15, 0.2) is 36.4 Å². The molecule has 0 unspecified atom stereocenters. The summed E-state index contributed by atoms with van der Waals surface area (Å²) in [4.78, 5) is 53.9. The van der Waals surface area contributed by atoms with Gasteiger partial charge in [0, 0.05) is 5.39 Å². The first-order chi connectivity index (χ1) is 17.4. The third-order valence-corrected chi connectivity index (χ3v) is 7.01. The van der Waals surface area contributed by atoms with Crippen LogP contribution in [0.3, 0.4) is 0 Å². The van der Waals surface area contributed by atoms with Crippen LogP contribution in [0.2, 0.25) is 4.34 Å². The number of benzene rings is 1. The van der Waals surface area contributed by atoms with Gasteiger partial charge in [0.05, 0.1) is 22.8 Å². The Morgan fingerprint density at radius 1 is 1.19 bits per heavy atom. The number of halogens is 1. The van der Waals surface area contributed by atoms with Crippen LogP contribution in [0.4, 0.5) is 4.79 Å². The summed E-state index contributed by atoms with van der Waals surface area (Å²) in [6.07, 6.45) is -0.738. The summed E-state index contributed by atoms with van der Waals surface area (Å²) in [5, 5.41) is 9.09. The third kappa shape index (κ3) is 6.41. The van der Waals surface area contributed by atoms with Crippen LogP contribution >= 0.6 is 22.9 Å². The Kier molecular flexibility index (Phi) is 7.47. The number of amides is 4. The maximum atomic E-state index is 13.0. The predicted molar refractivity (Wildman–Crippen MR) is 140 cm³/mol. The Bertz CT molecular complexity index is 1330. The summed E-state index contributed by atoms with van der Waals surface area (Å²) in [6, 6.07) is 8.80. The van der Waals surface area contributed by atoms with Crippen LogP contribution in [0, 0.1) is 0 Å². The molecule has 0 saturated carbocycles. The lowest BCUT2D eigenvalue weighted by molar-refractivity contribution is -0.127. The van der Waals surface area contributed by atoms with Crippen LogP contribution in [0.5, 0.6) is 0 Å². The Balaban J connectivity index is 1.46. The molecule has 2 heterocycles. The Morgan fingerprint density at radius 2 is 1.92 bits per heavy atom. The fraction of sp³-hybridized carbons (Fsp3) is 0.360. The van der Waals surface area contributed by atoms with Gasteiger partial charge in [0.25, 0.3) is 5.91 Å². The molecule has 0 radical (unpaired) electrons. The molecule has 0 saturated heterocycles. The minimum Gasteiger partial charge on any atom is -0.444 e. The summed E-state index contributed by atoms with van der Waals surface area (Å²) in [5.74, 6) is -1.71. The summed E-state index contributed by atoms with van der Waals surface area (Å²) < 4.78 is 5.78. The average Bonchev–Trinajstić information content (AvgIpc) is 3.43. The second-order valence-corrected chi connectivity index (χ2v) is 11.5. The highest BCUT2D eigenvalue weighted by Gasteiger charge is 2.36. The largest absolute Gasteiger partial charge is 0.444 e. The summed E-state index contributed by atoms with van der Waals surface area (Å²) in [5.41, 5.74) is 6.85. The SMILES string of the molecule is CC(C)(C)OC(=O)N[C@H](CC(=O)N[C@@H]1c2ccccc2C[C@H]1NC(=O)c1cc2cc(Cl)sc2[nH]1)C(N)=O. The van der Waals surface area contributed by atoms with Gasteiger partial charge in [-0.1, -0.05) is 35.9 Å². The van der Waals surface area contributed by atoms with Crippen LogP contribution in [-0.4, -0.2) is 46.5 Å². The molecule has 6 N–H and O–H groups in total. The number of hydrogen-bond donors (Lipinski definition) is 5. The number of nitrogens with one attached hydrogen (secondary N) is 4. The molecular formula is C25H28ClN5O5S. The number of fused-ring (bicyclic) bond motifs is 2. The Hall–Kier alpha value is -3.57. The van der Waals surface area contributed by atoms with Gasteiger partial charge in [-0.05, 0) is 50.5 Å². The van der Waals surface area contributed by atoms with Gasteiger partial charge in [-0.3, -0.25) is 14.4 Å². The van der Waals surface area contributed by atoms with E-state index in [1.54, 1.807) is 32.9 Å². The van der Waals surface area contributed by atoms with Crippen LogP contribution in [0.1, 0.15) is 54.8 Å². The third-order valence-electron chi connectivity index (χ3n) is 5.81. The Labute approximate surface area is 222 Å². The van der Waals surface area contributed by atoms with Gasteiger partial charge in [0.15, 0.2) is 0 Å². The number of aromatic amines is 1. The maximum Gasteiger partial charge on any atom is 0.408 e. The molecular weight excluding hydrogens is 518 g/mol. The fourth-order valence-electron chi connectivity index (χ4n) is 4.26. The number of aromatic nitrogens is 1. The molecule has 1 aliphatic carbocycles. The van der Waals surface area contributed by atoms with E-state index in [0.29, 0.717) is 16.5 Å². The molecule has 1 aromatic carbocycles. The van der Waals surface area contributed by atoms with Crippen molar-refractivity contribution >= 4 is 57.0 Å². The zero-order valence-electron chi connectivity index (χ0n) is 20.5. The summed E-state index contributed by atoms with van der Waals surface area (Å²) >= 11 is 7.37. The summed E-state index contributed by atoms with van der Waals surface area (Å²) in [7, 11) is 0. The molecule has 0 spiro atoms. The van der Waals surface area contributed by atoms with E-state index in [1.807, 2.05) is 24.3 Å². The molecule has 196 valence electrons. The topological polar surface area (TPSA) is 155 Å². The van der Waals surface area contributed by atoms with Crippen molar-refractivity contribution in [2.45, 2.75) is 57.3 Å². The van der Waals surface area contributed by atoms with Gasteiger partial charge in [0.2, 0.25) is 11.8 Å². The van der Waals surface area contributed by atoms with Crippen LogP contribution < -0.4 is 21.7 Å². The first-order valence-corrected chi connectivity index (χ1v) is 12.8. The molecule has 0 fully saturated rings. The number of carbonyl (C=O) groups is 4. The smallest absolute Gasteiger partial charge is 0.408 e. The molecule has 12 heteroatoms.